The highest BCUT2D eigenvalue weighted by atomic mass is 32.2. The minimum absolute atomic E-state index is 0.0858. The number of hydrogen-bond donors (Lipinski definition) is 6. The van der Waals surface area contributed by atoms with Crippen LogP contribution in [0.5, 0.6) is 5.75 Å². The average molecular weight is 1560 g/mol. The van der Waals surface area contributed by atoms with Gasteiger partial charge in [0.05, 0.1) is 25.3 Å². The van der Waals surface area contributed by atoms with E-state index in [0.29, 0.717) is 60.6 Å². The Hall–Kier alpha value is -10.4. The zero-order valence-electron chi connectivity index (χ0n) is 61.6. The summed E-state index contributed by atoms with van der Waals surface area (Å²) in [5.74, 6) is -1.46. The van der Waals surface area contributed by atoms with Gasteiger partial charge in [-0.3, -0.25) is 33.6 Å². The van der Waals surface area contributed by atoms with Crippen LogP contribution in [0.2, 0.25) is 0 Å². The van der Waals surface area contributed by atoms with Crippen molar-refractivity contribution in [1.29, 1.82) is 0 Å². The molecular formula is C78H90F6N8O15S2. The molecule has 6 aromatic carbocycles. The predicted molar refractivity (Wildman–Crippen MR) is 393 cm³/mol. The zero-order chi connectivity index (χ0) is 80.5. The molecule has 6 heterocycles. The summed E-state index contributed by atoms with van der Waals surface area (Å²) in [6, 6.07) is 42.4. The van der Waals surface area contributed by atoms with E-state index in [-0.39, 0.29) is 53.5 Å². The quantitative estimate of drug-likeness (QED) is 0.00884. The summed E-state index contributed by atoms with van der Waals surface area (Å²) in [5, 5.41) is 20.4. The number of carbonyl (C=O) groups is 7. The summed E-state index contributed by atoms with van der Waals surface area (Å²) in [7, 11) is -8.66. The molecule has 0 unspecified atom stereocenters. The first kappa shape index (κ1) is 87.5. The number of aryl methyl sites for hydroxylation is 2. The van der Waals surface area contributed by atoms with Crippen LogP contribution >= 0.6 is 0 Å². The van der Waals surface area contributed by atoms with Crippen LogP contribution in [0.25, 0.3) is 21.5 Å². The number of unbranched alkanes of at least 4 members (excludes halogenated alkanes) is 8. The number of nitrogens with one attached hydrogen (secondary N) is 6. The van der Waals surface area contributed by atoms with E-state index >= 15 is 0 Å². The van der Waals surface area contributed by atoms with Gasteiger partial charge in [-0.1, -0.05) is 190 Å². The summed E-state index contributed by atoms with van der Waals surface area (Å²) in [6.07, 6.45) is 16.7. The Labute approximate surface area is 629 Å². The predicted octanol–water partition coefficient (Wildman–Crippen LogP) is 11.0. The number of nitrogens with zero attached hydrogens (tertiary/aromatic N) is 2. The molecule has 0 saturated heterocycles. The summed E-state index contributed by atoms with van der Waals surface area (Å²) in [6.45, 7) is 15.3. The normalized spacial score (nSPS) is 13.2. The number of amides is 6. The molecule has 0 radical (unpaired) electrons. The molecule has 0 atom stereocenters. The maximum atomic E-state index is 13.2. The Morgan fingerprint density at radius 2 is 0.771 bits per heavy atom. The van der Waals surface area contributed by atoms with E-state index in [4.69, 9.17) is 35.4 Å². The molecule has 6 amide bonds. The molecule has 8 aromatic rings. The number of pyridine rings is 2. The Morgan fingerprint density at radius 3 is 1.10 bits per heavy atom. The summed E-state index contributed by atoms with van der Waals surface area (Å²) in [5.41, 5.74) is -2.94. The van der Waals surface area contributed by atoms with Crippen molar-refractivity contribution in [2.45, 2.75) is 147 Å². The van der Waals surface area contributed by atoms with Crippen molar-refractivity contribution >= 4 is 83.2 Å². The van der Waals surface area contributed by atoms with Gasteiger partial charge in [-0.2, -0.15) is 26.3 Å². The van der Waals surface area contributed by atoms with Crippen molar-refractivity contribution in [2.75, 3.05) is 26.3 Å². The van der Waals surface area contributed by atoms with Crippen LogP contribution in [0.3, 0.4) is 0 Å². The Bertz CT molecular complexity index is 4370. The number of carbonyl (C=O) groups excluding carboxylic acids is 7. The van der Waals surface area contributed by atoms with E-state index in [0.717, 1.165) is 81.8 Å². The van der Waals surface area contributed by atoms with Crippen molar-refractivity contribution in [2.24, 2.45) is 14.1 Å². The lowest BCUT2D eigenvalue weighted by Crippen LogP contribution is -2.39. The largest absolute Gasteiger partial charge is 0.741 e. The molecule has 2 aromatic heterocycles. The lowest BCUT2D eigenvalue weighted by atomic mass is 9.80. The van der Waals surface area contributed by atoms with E-state index in [1.54, 1.807) is 60.1 Å². The van der Waals surface area contributed by atoms with Crippen LogP contribution in [0.4, 0.5) is 26.3 Å². The number of esters is 1. The van der Waals surface area contributed by atoms with Gasteiger partial charge in [-0.05, 0) is 109 Å². The van der Waals surface area contributed by atoms with Crippen molar-refractivity contribution < 1.29 is 104 Å². The van der Waals surface area contributed by atoms with Crippen molar-refractivity contribution in [3.05, 3.63) is 219 Å². The minimum Gasteiger partial charge on any atom is -0.741 e. The molecular weight excluding hydrogens is 1470 g/mol. The monoisotopic (exact) mass is 1560 g/mol. The maximum Gasteiger partial charge on any atom is 0.485 e. The fourth-order valence-corrected chi connectivity index (χ4v) is 10.8. The third-order valence-corrected chi connectivity index (χ3v) is 17.9. The lowest BCUT2D eigenvalue weighted by molar-refractivity contribution is -0.671. The second-order valence-corrected chi connectivity index (χ2v) is 30.5. The minimum atomic E-state index is -6.09. The van der Waals surface area contributed by atoms with Crippen LogP contribution in [-0.2, 0) is 85.7 Å². The first-order valence-electron chi connectivity index (χ1n) is 34.8. The molecule has 0 saturated carbocycles. The molecule has 109 heavy (non-hydrogen) atoms. The number of benzene rings is 6. The molecule has 8 bridgehead atoms. The maximum absolute atomic E-state index is 13.2. The molecule has 12 rings (SSSR count). The Morgan fingerprint density at radius 1 is 0.450 bits per heavy atom. The van der Waals surface area contributed by atoms with Gasteiger partial charge >= 0.3 is 17.0 Å². The van der Waals surface area contributed by atoms with Crippen LogP contribution in [0.1, 0.15) is 185 Å². The molecule has 31 heteroatoms. The van der Waals surface area contributed by atoms with Crippen molar-refractivity contribution in [3.63, 3.8) is 0 Å². The van der Waals surface area contributed by atoms with Gasteiger partial charge in [0.1, 0.15) is 48.6 Å². The SMILES string of the molecule is CC(C)(C)c1cc(OCCCCCCCCCCCOC(=O)CNC(=O)CNC(=O)c2c3ccccc3cc3ccccc23)cc(C(C)(C)C)c1.C[n+]1cc2cc(c1)C(=O)NCc1ccc(cc1)CNC(=O)c1cc(c[n+](C)c1)C(=O)NCc1ccc(cc1)CNC2=O.O=S(=O)([O-])C(F)(F)F.O=S(=O)([O-])C(F)(F)F. The number of ether oxygens (including phenoxy) is 2. The number of aromatic nitrogens is 2. The van der Waals surface area contributed by atoms with Crippen LogP contribution in [0, 0.1) is 0 Å². The first-order valence-corrected chi connectivity index (χ1v) is 37.6. The third-order valence-electron chi connectivity index (χ3n) is 16.8. The van der Waals surface area contributed by atoms with E-state index in [2.05, 4.69) is 97.7 Å². The van der Waals surface area contributed by atoms with E-state index in [9.17, 15) is 59.9 Å². The van der Waals surface area contributed by atoms with Gasteiger partial charge in [0.25, 0.3) is 29.5 Å². The van der Waals surface area contributed by atoms with Crippen LogP contribution < -0.4 is 45.8 Å². The van der Waals surface area contributed by atoms with Gasteiger partial charge in [0.2, 0.25) is 5.91 Å². The van der Waals surface area contributed by atoms with Crippen LogP contribution in [0.15, 0.2) is 158 Å². The Kier molecular flexibility index (Phi) is 31.8. The summed E-state index contributed by atoms with van der Waals surface area (Å²) >= 11 is 0. The molecule has 0 spiro atoms. The highest BCUT2D eigenvalue weighted by Gasteiger charge is 2.38. The number of hydrogen-bond acceptors (Lipinski definition) is 15. The van der Waals surface area contributed by atoms with Crippen molar-refractivity contribution in [3.8, 4) is 5.75 Å². The molecule has 4 aliphatic rings. The smallest absolute Gasteiger partial charge is 0.485 e. The highest BCUT2D eigenvalue weighted by molar-refractivity contribution is 7.86. The van der Waals surface area contributed by atoms with E-state index in [1.165, 1.54) is 43.2 Å². The molecule has 586 valence electrons. The van der Waals surface area contributed by atoms with Gasteiger partial charge < -0.3 is 50.5 Å². The molecule has 0 aliphatic carbocycles. The fourth-order valence-electron chi connectivity index (χ4n) is 10.8. The molecule has 4 aliphatic heterocycles. The summed E-state index contributed by atoms with van der Waals surface area (Å²) < 4.78 is 133. The number of fused-ring (bicyclic) bond motifs is 2. The Balaban J connectivity index is 0.000000286. The number of alkyl halides is 6. The second-order valence-electron chi connectivity index (χ2n) is 27.8. The zero-order valence-corrected chi connectivity index (χ0v) is 63.3. The highest BCUT2D eigenvalue weighted by Crippen LogP contribution is 2.34. The van der Waals surface area contributed by atoms with Crippen LogP contribution in [-0.4, -0.2) is 105 Å². The van der Waals surface area contributed by atoms with Gasteiger partial charge in [-0.15, -0.1) is 0 Å². The van der Waals surface area contributed by atoms with E-state index in [1.807, 2.05) is 97.1 Å². The van der Waals surface area contributed by atoms with E-state index < -0.39 is 43.1 Å². The lowest BCUT2D eigenvalue weighted by Gasteiger charge is -2.26. The molecule has 6 N–H and O–H groups in total. The first-order chi connectivity index (χ1) is 51.1. The molecule has 0 fully saturated rings. The number of rotatable bonds is 18. The third kappa shape index (κ3) is 28.9. The second kappa shape index (κ2) is 39.6. The average Bonchev–Trinajstić information content (AvgIpc) is 0.769. The van der Waals surface area contributed by atoms with Gasteiger partial charge in [0, 0.05) is 26.2 Å². The van der Waals surface area contributed by atoms with Gasteiger partial charge in [0.15, 0.2) is 45.0 Å². The standard InChI is InChI=1S/C44H58N2O5.C32H30N6O4.2CHF3O3S/c1-43(2,3)34-27-35(44(4,5)6)29-36(28-34)50-24-18-12-10-8-7-9-11-13-19-25-51-40(48)31-45-39(47)30-46-42(49)41-37-22-16-14-20-32(37)26-33-21-15-17-23-38(33)41;1-37-17-25-11-26(18-37)30(40)34-14-22-5-9-24(10-6-22)16-36-32(42)28-12-27(19-38(2)20-28)31(41)35-15-23-7-3-21(4-8-23)13-33-29(25)39;2*2-1(3,4)8(5,6)7/h14-17,20-23,26-29H,7-13,18-19,24-25,30-31H2,1-6H3,(H,45,47)(H,46,49);3-12,17-20H,13-16H2,1-2H3,(H2-2,33,34,35,36,39,40,41,42);2*(H,5,6,7). The summed E-state index contributed by atoms with van der Waals surface area (Å²) in [4.78, 5) is 89.3. The van der Waals surface area contributed by atoms with Crippen molar-refractivity contribution in [1.82, 2.24) is 31.9 Å². The molecule has 23 nitrogen and oxygen atoms in total. The fraction of sp³-hybridized carbons (Fsp3) is 0.372. The number of halogens is 6. The topological polar surface area (TPSA) is 332 Å². The van der Waals surface area contributed by atoms with Gasteiger partial charge in [-0.25, -0.2) is 26.0 Å².